The number of hydrogen-bond donors (Lipinski definition) is 2. The van der Waals surface area contributed by atoms with Gasteiger partial charge in [0, 0.05) is 26.4 Å². The first-order valence-corrected chi connectivity index (χ1v) is 10.6. The first-order valence-electron chi connectivity index (χ1n) is 10.3. The number of nitrogens with two attached hydrogens (primary N) is 1. The van der Waals surface area contributed by atoms with Crippen LogP contribution in [0.15, 0.2) is 12.3 Å². The number of aromatic nitrogens is 2. The lowest BCUT2D eigenvalue weighted by Crippen LogP contribution is -2.45. The number of rotatable bonds is 7. The van der Waals surface area contributed by atoms with E-state index in [1.54, 1.807) is 17.6 Å². The van der Waals surface area contributed by atoms with Crippen molar-refractivity contribution in [1.82, 2.24) is 19.6 Å². The number of nitrogen functional groups attached to an aromatic ring is 1. The van der Waals surface area contributed by atoms with Gasteiger partial charge in [-0.1, -0.05) is 18.5 Å². The molecule has 3 heterocycles. The normalized spacial score (nSPS) is 16.4. The molecule has 1 saturated heterocycles. The number of nitrogens with zero attached hydrogens (tertiary/aromatic N) is 3. The van der Waals surface area contributed by atoms with Gasteiger partial charge in [-0.2, -0.15) is 0 Å². The van der Waals surface area contributed by atoms with E-state index in [9.17, 15) is 4.79 Å². The van der Waals surface area contributed by atoms with Crippen molar-refractivity contribution in [3.63, 3.8) is 0 Å². The van der Waals surface area contributed by atoms with Gasteiger partial charge in [0.25, 0.3) is 5.91 Å². The second-order valence-electron chi connectivity index (χ2n) is 8.46. The Bertz CT molecular complexity index is 872. The highest BCUT2D eigenvalue weighted by atomic mass is 35.5. The van der Waals surface area contributed by atoms with Gasteiger partial charge in [-0.05, 0) is 58.2 Å². The maximum Gasteiger partial charge on any atom is 0.255 e. The lowest BCUT2D eigenvalue weighted by molar-refractivity contribution is -0.0145. The van der Waals surface area contributed by atoms with Crippen LogP contribution in [0.3, 0.4) is 0 Å². The number of fused-ring (bicyclic) bond motifs is 1. The van der Waals surface area contributed by atoms with E-state index in [-0.39, 0.29) is 11.5 Å². The third-order valence-corrected chi connectivity index (χ3v) is 6.10. The molecule has 0 radical (unpaired) electrons. The molecule has 1 fully saturated rings. The number of amides is 1. The molecule has 29 heavy (non-hydrogen) atoms. The summed E-state index contributed by atoms with van der Waals surface area (Å²) >= 11 is 6.25. The highest BCUT2D eigenvalue weighted by molar-refractivity contribution is 6.33. The highest BCUT2D eigenvalue weighted by Gasteiger charge is 2.26. The minimum absolute atomic E-state index is 0.137. The van der Waals surface area contributed by atoms with Crippen LogP contribution in [-0.4, -0.2) is 59.1 Å². The number of hydrogen-bond acceptors (Lipinski definition) is 5. The Morgan fingerprint density at radius 2 is 2.10 bits per heavy atom. The molecule has 0 saturated carbocycles. The fraction of sp³-hybridized carbons (Fsp3) is 0.619. The molecule has 8 heteroatoms. The van der Waals surface area contributed by atoms with E-state index in [1.165, 1.54) is 0 Å². The molecule has 7 nitrogen and oxygen atoms in total. The standard InChI is InChI=1S/C21H32ClN5O2/c1-5-15-12-27-18(23)17(22)10-16(19(27)25-15)20(28)24-11-14-6-8-26(9-7-14)13-21(2,3)29-4/h10,12,14H,5-9,11,13,23H2,1-4H3,(H,24,28). The van der Waals surface area contributed by atoms with Gasteiger partial charge in [0.15, 0.2) is 5.65 Å². The maximum absolute atomic E-state index is 12.9. The summed E-state index contributed by atoms with van der Waals surface area (Å²) < 4.78 is 7.23. The van der Waals surface area contributed by atoms with Gasteiger partial charge < -0.3 is 20.7 Å². The molecule has 1 aliphatic heterocycles. The topological polar surface area (TPSA) is 84.9 Å². The van der Waals surface area contributed by atoms with E-state index >= 15 is 0 Å². The molecule has 1 amide bonds. The summed E-state index contributed by atoms with van der Waals surface area (Å²) in [6, 6.07) is 1.61. The molecule has 1 aliphatic rings. The van der Waals surface area contributed by atoms with Crippen LogP contribution in [0.5, 0.6) is 0 Å². The number of nitrogens with one attached hydrogen (secondary N) is 1. The van der Waals surface area contributed by atoms with E-state index < -0.39 is 0 Å². The van der Waals surface area contributed by atoms with Crippen molar-refractivity contribution in [2.45, 2.75) is 45.6 Å². The van der Waals surface area contributed by atoms with Gasteiger partial charge in [-0.3, -0.25) is 9.20 Å². The lowest BCUT2D eigenvalue weighted by atomic mass is 9.95. The second-order valence-corrected chi connectivity index (χ2v) is 8.87. The van der Waals surface area contributed by atoms with Gasteiger partial charge in [-0.25, -0.2) is 4.98 Å². The molecule has 3 rings (SSSR count). The summed E-state index contributed by atoms with van der Waals surface area (Å²) in [5, 5.41) is 3.43. The Morgan fingerprint density at radius 3 is 2.72 bits per heavy atom. The van der Waals surface area contributed by atoms with Crippen molar-refractivity contribution in [2.24, 2.45) is 5.92 Å². The van der Waals surface area contributed by atoms with Gasteiger partial charge in [-0.15, -0.1) is 0 Å². The zero-order valence-corrected chi connectivity index (χ0v) is 18.6. The number of aryl methyl sites for hydroxylation is 1. The van der Waals surface area contributed by atoms with Crippen molar-refractivity contribution < 1.29 is 9.53 Å². The van der Waals surface area contributed by atoms with E-state index in [0.717, 1.165) is 44.6 Å². The largest absolute Gasteiger partial charge is 0.384 e. The number of ether oxygens (including phenoxy) is 1. The number of pyridine rings is 1. The van der Waals surface area contributed by atoms with Crippen LogP contribution in [0.25, 0.3) is 5.65 Å². The third-order valence-electron chi connectivity index (χ3n) is 5.79. The number of likely N-dealkylation sites (tertiary alicyclic amines) is 1. The van der Waals surface area contributed by atoms with Gasteiger partial charge in [0.2, 0.25) is 0 Å². The third kappa shape index (κ3) is 5.02. The number of anilines is 1. The summed E-state index contributed by atoms with van der Waals surface area (Å²) in [7, 11) is 1.76. The van der Waals surface area contributed by atoms with Crippen molar-refractivity contribution in [2.75, 3.05) is 39.0 Å². The van der Waals surface area contributed by atoms with Crippen LogP contribution in [0, 0.1) is 5.92 Å². The fourth-order valence-corrected chi connectivity index (χ4v) is 4.00. The zero-order valence-electron chi connectivity index (χ0n) is 17.8. The summed E-state index contributed by atoms with van der Waals surface area (Å²) in [5.41, 5.74) is 7.81. The smallest absolute Gasteiger partial charge is 0.255 e. The van der Waals surface area contributed by atoms with E-state index in [1.807, 2.05) is 13.1 Å². The minimum Gasteiger partial charge on any atom is -0.384 e. The quantitative estimate of drug-likeness (QED) is 0.717. The van der Waals surface area contributed by atoms with Gasteiger partial charge in [0.1, 0.15) is 5.82 Å². The summed E-state index contributed by atoms with van der Waals surface area (Å²) in [6.45, 7) is 9.84. The summed E-state index contributed by atoms with van der Waals surface area (Å²) in [4.78, 5) is 19.8. The molecule has 0 aliphatic carbocycles. The Hall–Kier alpha value is -1.83. The predicted octanol–water partition coefficient (Wildman–Crippen LogP) is 3.00. The number of imidazole rings is 1. The number of methoxy groups -OCH3 is 1. The van der Waals surface area contributed by atoms with E-state index in [2.05, 4.69) is 29.0 Å². The van der Waals surface area contributed by atoms with Crippen LogP contribution < -0.4 is 11.1 Å². The van der Waals surface area contributed by atoms with Crippen LogP contribution in [-0.2, 0) is 11.2 Å². The molecule has 0 spiro atoms. The molecule has 3 N–H and O–H groups in total. The SMILES string of the molecule is CCc1cn2c(N)c(Cl)cc(C(=O)NCC3CCN(CC(C)(C)OC)CC3)c2n1. The maximum atomic E-state index is 12.9. The number of halogens is 1. The van der Waals surface area contributed by atoms with Crippen LogP contribution in [0.4, 0.5) is 5.82 Å². The molecule has 2 aromatic heterocycles. The Kier molecular flexibility index (Phi) is 6.71. The molecule has 0 unspecified atom stereocenters. The average molecular weight is 422 g/mol. The highest BCUT2D eigenvalue weighted by Crippen LogP contribution is 2.25. The van der Waals surface area contributed by atoms with Crippen molar-refractivity contribution in [3.8, 4) is 0 Å². The number of carbonyl (C=O) groups excluding carboxylic acids is 1. The van der Waals surface area contributed by atoms with Gasteiger partial charge in [0.05, 0.1) is 21.9 Å². The first kappa shape index (κ1) is 21.9. The molecule has 0 aromatic carbocycles. The van der Waals surface area contributed by atoms with Crippen LogP contribution >= 0.6 is 11.6 Å². The molecular formula is C21H32ClN5O2. The number of carbonyl (C=O) groups is 1. The Morgan fingerprint density at radius 1 is 1.41 bits per heavy atom. The van der Waals surface area contributed by atoms with Crippen molar-refractivity contribution >= 4 is 29.0 Å². The molecule has 160 valence electrons. The minimum atomic E-state index is -0.159. The molecule has 2 aromatic rings. The summed E-state index contributed by atoms with van der Waals surface area (Å²) in [6.07, 6.45) is 4.71. The zero-order chi connectivity index (χ0) is 21.2. The van der Waals surface area contributed by atoms with Crippen molar-refractivity contribution in [3.05, 3.63) is 28.5 Å². The molecular weight excluding hydrogens is 390 g/mol. The molecule has 0 atom stereocenters. The van der Waals surface area contributed by atoms with Crippen molar-refractivity contribution in [1.29, 1.82) is 0 Å². The Labute approximate surface area is 177 Å². The number of piperidine rings is 1. The average Bonchev–Trinajstić information content (AvgIpc) is 3.14. The molecule has 0 bridgehead atoms. The second kappa shape index (κ2) is 8.90. The van der Waals surface area contributed by atoms with Crippen LogP contribution in [0.1, 0.15) is 49.7 Å². The monoisotopic (exact) mass is 421 g/mol. The Balaban J connectivity index is 1.61. The van der Waals surface area contributed by atoms with Gasteiger partial charge >= 0.3 is 0 Å². The van der Waals surface area contributed by atoms with E-state index in [0.29, 0.717) is 34.5 Å². The fourth-order valence-electron chi connectivity index (χ4n) is 3.80. The summed E-state index contributed by atoms with van der Waals surface area (Å²) in [5.74, 6) is 0.706. The predicted molar refractivity (Wildman–Crippen MR) is 117 cm³/mol. The van der Waals surface area contributed by atoms with E-state index in [4.69, 9.17) is 22.1 Å². The first-order chi connectivity index (χ1) is 13.7. The van der Waals surface area contributed by atoms with Crippen LogP contribution in [0.2, 0.25) is 5.02 Å². The lowest BCUT2D eigenvalue weighted by Gasteiger charge is -2.36.